The maximum atomic E-state index is 13.6. The number of aromatic nitrogens is 2. The van der Waals surface area contributed by atoms with Crippen molar-refractivity contribution in [1.82, 2.24) is 9.97 Å². The molecule has 0 aromatic carbocycles. The average molecular weight is 207 g/mol. The van der Waals surface area contributed by atoms with Crippen molar-refractivity contribution < 1.29 is 4.39 Å². The van der Waals surface area contributed by atoms with Gasteiger partial charge in [-0.05, 0) is 13.3 Å². The van der Waals surface area contributed by atoms with Gasteiger partial charge in [-0.1, -0.05) is 6.92 Å². The molecule has 0 spiro atoms. The molecule has 1 aromatic rings. The highest BCUT2D eigenvalue weighted by atomic mass is 19.1. The Labute approximate surface area is 89.1 Å². The largest absolute Gasteiger partial charge is 0.367 e. The molecule has 0 aliphatic carbocycles. The molecular formula is C11H14FN3. The molecule has 1 heterocycles. The first-order valence-electron chi connectivity index (χ1n) is 4.92. The van der Waals surface area contributed by atoms with Crippen LogP contribution in [0.2, 0.25) is 0 Å². The van der Waals surface area contributed by atoms with Crippen molar-refractivity contribution >= 4 is 5.82 Å². The summed E-state index contributed by atoms with van der Waals surface area (Å²) in [4.78, 5) is 7.69. The molecule has 1 aromatic heterocycles. The molecule has 0 saturated heterocycles. The van der Waals surface area contributed by atoms with E-state index in [1.807, 2.05) is 6.92 Å². The Kier molecular flexibility index (Phi) is 4.55. The van der Waals surface area contributed by atoms with Gasteiger partial charge in [-0.15, -0.1) is 11.8 Å². The van der Waals surface area contributed by atoms with Crippen LogP contribution in [0.5, 0.6) is 0 Å². The fourth-order valence-electron chi connectivity index (χ4n) is 1.14. The zero-order chi connectivity index (χ0) is 11.1. The van der Waals surface area contributed by atoms with Crippen LogP contribution in [0.3, 0.4) is 0 Å². The molecule has 0 radical (unpaired) electrons. The summed E-state index contributed by atoms with van der Waals surface area (Å²) in [5.41, 5.74) is 0.439. The Morgan fingerprint density at radius 1 is 1.47 bits per heavy atom. The van der Waals surface area contributed by atoms with Crippen molar-refractivity contribution in [2.45, 2.75) is 26.7 Å². The summed E-state index contributed by atoms with van der Waals surface area (Å²) >= 11 is 0. The molecule has 1 N–H and O–H groups in total. The van der Waals surface area contributed by atoms with Gasteiger partial charge >= 0.3 is 0 Å². The standard InChI is InChI=1S/C11H14FN3/c1-3-5-6-7-13-11-10(12)9(4-2)14-8-15-11/h8H,4,6-7H2,1-2H3,(H,13,14,15). The molecule has 4 heteroatoms. The van der Waals surface area contributed by atoms with E-state index in [4.69, 9.17) is 0 Å². The minimum absolute atomic E-state index is 0.264. The summed E-state index contributed by atoms with van der Waals surface area (Å²) < 4.78 is 13.6. The van der Waals surface area contributed by atoms with Crippen LogP contribution in [0.15, 0.2) is 6.33 Å². The molecule has 0 amide bonds. The number of nitrogens with zero attached hydrogens (tertiary/aromatic N) is 2. The van der Waals surface area contributed by atoms with E-state index in [1.165, 1.54) is 6.33 Å². The molecule has 1 rings (SSSR count). The van der Waals surface area contributed by atoms with Gasteiger partial charge in [-0.3, -0.25) is 0 Å². The third-order valence-electron chi connectivity index (χ3n) is 1.92. The minimum atomic E-state index is -0.357. The molecule has 0 aliphatic heterocycles. The molecule has 0 aliphatic rings. The van der Waals surface area contributed by atoms with E-state index >= 15 is 0 Å². The van der Waals surface area contributed by atoms with Gasteiger partial charge in [0.2, 0.25) is 0 Å². The first-order valence-corrected chi connectivity index (χ1v) is 4.92. The van der Waals surface area contributed by atoms with Crippen LogP contribution in [0, 0.1) is 17.7 Å². The molecule has 0 saturated carbocycles. The lowest BCUT2D eigenvalue weighted by molar-refractivity contribution is 0.597. The molecule has 0 unspecified atom stereocenters. The van der Waals surface area contributed by atoms with Crippen LogP contribution >= 0.6 is 0 Å². The van der Waals surface area contributed by atoms with Crippen LogP contribution in [0.4, 0.5) is 10.2 Å². The van der Waals surface area contributed by atoms with Gasteiger partial charge in [0.25, 0.3) is 0 Å². The average Bonchev–Trinajstić information content (AvgIpc) is 2.26. The van der Waals surface area contributed by atoms with Gasteiger partial charge in [0.15, 0.2) is 11.6 Å². The van der Waals surface area contributed by atoms with Gasteiger partial charge < -0.3 is 5.32 Å². The summed E-state index contributed by atoms with van der Waals surface area (Å²) in [7, 11) is 0. The Balaban J connectivity index is 2.63. The second-order valence-electron chi connectivity index (χ2n) is 2.94. The van der Waals surface area contributed by atoms with Crippen LogP contribution in [0.1, 0.15) is 26.0 Å². The van der Waals surface area contributed by atoms with Gasteiger partial charge in [0.05, 0.1) is 5.69 Å². The van der Waals surface area contributed by atoms with Crippen LogP contribution < -0.4 is 5.32 Å². The second-order valence-corrected chi connectivity index (χ2v) is 2.94. The number of hydrogen-bond donors (Lipinski definition) is 1. The van der Waals surface area contributed by atoms with E-state index < -0.39 is 0 Å². The zero-order valence-corrected chi connectivity index (χ0v) is 8.97. The summed E-state index contributed by atoms with van der Waals surface area (Å²) in [6.45, 7) is 4.23. The summed E-state index contributed by atoms with van der Waals surface area (Å²) in [5, 5.41) is 2.89. The molecule has 0 fully saturated rings. The maximum absolute atomic E-state index is 13.6. The van der Waals surface area contributed by atoms with E-state index in [-0.39, 0.29) is 11.6 Å². The van der Waals surface area contributed by atoms with Crippen LogP contribution in [-0.2, 0) is 6.42 Å². The lowest BCUT2D eigenvalue weighted by Gasteiger charge is -2.06. The predicted octanol–water partition coefficient (Wildman–Crippen LogP) is 2.00. The third kappa shape index (κ3) is 3.21. The predicted molar refractivity (Wildman–Crippen MR) is 57.9 cm³/mol. The fraction of sp³-hybridized carbons (Fsp3) is 0.455. The smallest absolute Gasteiger partial charge is 0.186 e. The minimum Gasteiger partial charge on any atom is -0.367 e. The van der Waals surface area contributed by atoms with E-state index in [0.717, 1.165) is 0 Å². The van der Waals surface area contributed by atoms with Crippen LogP contribution in [-0.4, -0.2) is 16.5 Å². The van der Waals surface area contributed by atoms with Crippen LogP contribution in [0.25, 0.3) is 0 Å². The van der Waals surface area contributed by atoms with Gasteiger partial charge in [0, 0.05) is 13.0 Å². The number of aryl methyl sites for hydroxylation is 1. The topological polar surface area (TPSA) is 37.8 Å². The fourth-order valence-corrected chi connectivity index (χ4v) is 1.14. The monoisotopic (exact) mass is 207 g/mol. The highest BCUT2D eigenvalue weighted by Crippen LogP contribution is 2.12. The quantitative estimate of drug-likeness (QED) is 0.606. The molecule has 0 bridgehead atoms. The van der Waals surface area contributed by atoms with E-state index in [1.54, 1.807) is 6.92 Å². The van der Waals surface area contributed by atoms with Crippen molar-refractivity contribution in [2.75, 3.05) is 11.9 Å². The molecule has 0 atom stereocenters. The molecule has 15 heavy (non-hydrogen) atoms. The molecule has 80 valence electrons. The third-order valence-corrected chi connectivity index (χ3v) is 1.92. The first kappa shape index (κ1) is 11.4. The SMILES string of the molecule is CC#CCCNc1ncnc(CC)c1F. The van der Waals surface area contributed by atoms with Crippen molar-refractivity contribution in [2.24, 2.45) is 0 Å². The summed E-state index contributed by atoms with van der Waals surface area (Å²) in [5.74, 6) is 5.57. The van der Waals surface area contributed by atoms with Crippen molar-refractivity contribution in [3.63, 3.8) is 0 Å². The first-order chi connectivity index (χ1) is 7.29. The summed E-state index contributed by atoms with van der Waals surface area (Å²) in [6.07, 6.45) is 2.62. The maximum Gasteiger partial charge on any atom is 0.186 e. The number of hydrogen-bond acceptors (Lipinski definition) is 3. The zero-order valence-electron chi connectivity index (χ0n) is 8.97. The Hall–Kier alpha value is -1.63. The summed E-state index contributed by atoms with van der Waals surface area (Å²) in [6, 6.07) is 0. The number of anilines is 1. The van der Waals surface area contributed by atoms with Gasteiger partial charge in [-0.2, -0.15) is 0 Å². The Bertz CT molecular complexity index is 379. The molecule has 3 nitrogen and oxygen atoms in total. The van der Waals surface area contributed by atoms with Crippen molar-refractivity contribution in [1.29, 1.82) is 0 Å². The lowest BCUT2D eigenvalue weighted by atomic mass is 10.3. The van der Waals surface area contributed by atoms with Crippen molar-refractivity contribution in [3.8, 4) is 11.8 Å². The Morgan fingerprint density at radius 3 is 2.93 bits per heavy atom. The molecular weight excluding hydrogens is 193 g/mol. The number of nitrogens with one attached hydrogen (secondary N) is 1. The highest BCUT2D eigenvalue weighted by Gasteiger charge is 2.07. The van der Waals surface area contributed by atoms with E-state index in [9.17, 15) is 4.39 Å². The normalized spacial score (nSPS) is 9.27. The lowest BCUT2D eigenvalue weighted by Crippen LogP contribution is -2.07. The number of rotatable bonds is 4. The van der Waals surface area contributed by atoms with Gasteiger partial charge in [-0.25, -0.2) is 14.4 Å². The number of halogens is 1. The highest BCUT2D eigenvalue weighted by molar-refractivity contribution is 5.37. The van der Waals surface area contributed by atoms with Gasteiger partial charge in [0.1, 0.15) is 6.33 Å². The van der Waals surface area contributed by atoms with E-state index in [2.05, 4.69) is 27.1 Å². The van der Waals surface area contributed by atoms with Crippen molar-refractivity contribution in [3.05, 3.63) is 17.8 Å². The van der Waals surface area contributed by atoms with E-state index in [0.29, 0.717) is 25.1 Å². The second kappa shape index (κ2) is 5.97. The Morgan fingerprint density at radius 2 is 2.27 bits per heavy atom.